The summed E-state index contributed by atoms with van der Waals surface area (Å²) < 4.78 is 21.2. The number of carbonyl (C=O) groups excluding carboxylic acids is 4. The molecule has 2 saturated carbocycles. The fraction of sp³-hybridized carbons (Fsp3) is 0.840. The standard InChI is InChI=1S/C25H40O8/c1-18(24(28)32-20-12-6-3-7-13-20)30-22(26)16-10-5-11-17-23(27)31-19(2)25(29)33-21-14-8-4-9-15-21/h18-21H,3-17H2,1-2H3. The molecule has 8 nitrogen and oxygen atoms in total. The maximum absolute atomic E-state index is 12.1. The van der Waals surface area contributed by atoms with Gasteiger partial charge in [0.15, 0.2) is 12.2 Å². The molecular weight excluding hydrogens is 428 g/mol. The molecule has 2 rings (SSSR count). The van der Waals surface area contributed by atoms with Crippen LogP contribution in [0, 0.1) is 0 Å². The Hall–Kier alpha value is -2.12. The first-order valence-electron chi connectivity index (χ1n) is 12.6. The fourth-order valence-corrected chi connectivity index (χ4v) is 4.21. The Labute approximate surface area is 197 Å². The van der Waals surface area contributed by atoms with E-state index in [1.54, 1.807) is 0 Å². The summed E-state index contributed by atoms with van der Waals surface area (Å²) in [6, 6.07) is 0. The minimum Gasteiger partial charge on any atom is -0.460 e. The molecule has 2 unspecified atom stereocenters. The van der Waals surface area contributed by atoms with Gasteiger partial charge in [0.25, 0.3) is 0 Å². The van der Waals surface area contributed by atoms with Gasteiger partial charge < -0.3 is 18.9 Å². The molecule has 0 heterocycles. The molecule has 33 heavy (non-hydrogen) atoms. The maximum atomic E-state index is 12.1. The summed E-state index contributed by atoms with van der Waals surface area (Å²) >= 11 is 0. The molecule has 2 aliphatic rings. The van der Waals surface area contributed by atoms with E-state index in [1.165, 1.54) is 26.7 Å². The second-order valence-electron chi connectivity index (χ2n) is 9.22. The average molecular weight is 469 g/mol. The van der Waals surface area contributed by atoms with Crippen molar-refractivity contribution in [3.63, 3.8) is 0 Å². The van der Waals surface area contributed by atoms with Crippen LogP contribution in [0.25, 0.3) is 0 Å². The van der Waals surface area contributed by atoms with E-state index < -0.39 is 36.1 Å². The van der Waals surface area contributed by atoms with Gasteiger partial charge in [0.05, 0.1) is 0 Å². The van der Waals surface area contributed by atoms with Gasteiger partial charge in [-0.3, -0.25) is 9.59 Å². The Morgan fingerprint density at radius 3 is 1.33 bits per heavy atom. The zero-order valence-corrected chi connectivity index (χ0v) is 20.2. The van der Waals surface area contributed by atoms with Crippen LogP contribution in [0.3, 0.4) is 0 Å². The highest BCUT2D eigenvalue weighted by atomic mass is 16.6. The van der Waals surface area contributed by atoms with E-state index in [1.807, 2.05) is 0 Å². The number of hydrogen-bond donors (Lipinski definition) is 0. The second-order valence-corrected chi connectivity index (χ2v) is 9.22. The fourth-order valence-electron chi connectivity index (χ4n) is 4.21. The quantitative estimate of drug-likeness (QED) is 0.233. The summed E-state index contributed by atoms with van der Waals surface area (Å²) in [5, 5.41) is 0. The number of ether oxygens (including phenoxy) is 4. The zero-order chi connectivity index (χ0) is 24.1. The van der Waals surface area contributed by atoms with E-state index >= 15 is 0 Å². The predicted molar refractivity (Wildman–Crippen MR) is 120 cm³/mol. The molecule has 188 valence electrons. The van der Waals surface area contributed by atoms with E-state index in [-0.39, 0.29) is 25.0 Å². The lowest BCUT2D eigenvalue weighted by Crippen LogP contribution is -2.31. The first kappa shape index (κ1) is 27.1. The van der Waals surface area contributed by atoms with Crippen molar-refractivity contribution in [3.05, 3.63) is 0 Å². The van der Waals surface area contributed by atoms with Crippen LogP contribution in [-0.2, 0) is 38.1 Å². The normalized spacial score (nSPS) is 19.2. The number of rotatable bonds is 12. The summed E-state index contributed by atoms with van der Waals surface area (Å²) in [6.45, 7) is 3.05. The minimum absolute atomic E-state index is 0.0657. The smallest absolute Gasteiger partial charge is 0.347 e. The van der Waals surface area contributed by atoms with E-state index in [0.717, 1.165) is 51.4 Å². The zero-order valence-electron chi connectivity index (χ0n) is 20.2. The van der Waals surface area contributed by atoms with Crippen LogP contribution in [0.5, 0.6) is 0 Å². The Kier molecular flexibility index (Phi) is 12.3. The Balaban J connectivity index is 1.51. The Morgan fingerprint density at radius 2 is 0.970 bits per heavy atom. The third kappa shape index (κ3) is 11.0. The predicted octanol–water partition coefficient (Wildman–Crippen LogP) is 4.55. The largest absolute Gasteiger partial charge is 0.460 e. The summed E-state index contributed by atoms with van der Waals surface area (Å²) in [5.41, 5.74) is 0. The third-order valence-electron chi connectivity index (χ3n) is 6.21. The molecular formula is C25H40O8. The highest BCUT2D eigenvalue weighted by Crippen LogP contribution is 2.22. The van der Waals surface area contributed by atoms with Crippen LogP contribution < -0.4 is 0 Å². The van der Waals surface area contributed by atoms with Crippen molar-refractivity contribution in [2.45, 2.75) is 135 Å². The molecule has 0 aromatic carbocycles. The topological polar surface area (TPSA) is 105 Å². The van der Waals surface area contributed by atoms with Crippen LogP contribution in [0.1, 0.15) is 110 Å². The van der Waals surface area contributed by atoms with Crippen molar-refractivity contribution in [1.82, 2.24) is 0 Å². The lowest BCUT2D eigenvalue weighted by molar-refractivity contribution is -0.171. The van der Waals surface area contributed by atoms with Crippen LogP contribution in [-0.4, -0.2) is 48.3 Å². The van der Waals surface area contributed by atoms with Gasteiger partial charge in [-0.1, -0.05) is 19.3 Å². The van der Waals surface area contributed by atoms with E-state index in [4.69, 9.17) is 18.9 Å². The molecule has 0 aromatic heterocycles. The summed E-state index contributed by atoms with van der Waals surface area (Å²) in [7, 11) is 0. The van der Waals surface area contributed by atoms with Crippen molar-refractivity contribution in [2.75, 3.05) is 0 Å². The lowest BCUT2D eigenvalue weighted by atomic mass is 9.98. The van der Waals surface area contributed by atoms with Gasteiger partial charge in [-0.25, -0.2) is 9.59 Å². The molecule has 0 bridgehead atoms. The molecule has 0 aromatic rings. The van der Waals surface area contributed by atoms with Gasteiger partial charge in [0.2, 0.25) is 0 Å². The van der Waals surface area contributed by atoms with Gasteiger partial charge in [0, 0.05) is 12.8 Å². The number of hydrogen-bond acceptors (Lipinski definition) is 8. The lowest BCUT2D eigenvalue weighted by Gasteiger charge is -2.23. The van der Waals surface area contributed by atoms with Crippen LogP contribution in [0.4, 0.5) is 0 Å². The van der Waals surface area contributed by atoms with E-state index in [2.05, 4.69) is 0 Å². The highest BCUT2D eigenvalue weighted by Gasteiger charge is 2.25. The molecule has 0 radical (unpaired) electrons. The van der Waals surface area contributed by atoms with Gasteiger partial charge >= 0.3 is 23.9 Å². The van der Waals surface area contributed by atoms with Gasteiger partial charge in [-0.2, -0.15) is 0 Å². The van der Waals surface area contributed by atoms with E-state index in [0.29, 0.717) is 19.3 Å². The SMILES string of the molecule is CC(OC(=O)CCCCCC(=O)OC(C)C(=O)OC1CCCCC1)C(=O)OC1CCCCC1. The number of carbonyl (C=O) groups is 4. The molecule has 2 fully saturated rings. The molecule has 2 atom stereocenters. The van der Waals surface area contributed by atoms with Crippen molar-refractivity contribution >= 4 is 23.9 Å². The van der Waals surface area contributed by atoms with Crippen molar-refractivity contribution < 1.29 is 38.1 Å². The minimum atomic E-state index is -0.913. The highest BCUT2D eigenvalue weighted by molar-refractivity contribution is 5.79. The summed E-state index contributed by atoms with van der Waals surface area (Å²) in [5.74, 6) is -1.89. The molecule has 8 heteroatoms. The van der Waals surface area contributed by atoms with Gasteiger partial charge in [-0.15, -0.1) is 0 Å². The molecule has 0 spiro atoms. The summed E-state index contributed by atoms with van der Waals surface area (Å²) in [4.78, 5) is 48.0. The monoisotopic (exact) mass is 468 g/mol. The van der Waals surface area contributed by atoms with Crippen LogP contribution >= 0.6 is 0 Å². The first-order valence-corrected chi connectivity index (χ1v) is 12.6. The van der Waals surface area contributed by atoms with Crippen molar-refractivity contribution in [2.24, 2.45) is 0 Å². The van der Waals surface area contributed by atoms with Crippen LogP contribution in [0.2, 0.25) is 0 Å². The molecule has 0 saturated heterocycles. The van der Waals surface area contributed by atoms with Gasteiger partial charge in [0.1, 0.15) is 12.2 Å². The van der Waals surface area contributed by atoms with Crippen molar-refractivity contribution in [1.29, 1.82) is 0 Å². The summed E-state index contributed by atoms with van der Waals surface area (Å²) in [6.07, 6.45) is 10.1. The van der Waals surface area contributed by atoms with E-state index in [9.17, 15) is 19.2 Å². The second kappa shape index (κ2) is 14.9. The molecule has 0 amide bonds. The molecule has 0 aliphatic heterocycles. The van der Waals surface area contributed by atoms with Crippen LogP contribution in [0.15, 0.2) is 0 Å². The Bertz CT molecular complexity index is 580. The average Bonchev–Trinajstić information content (AvgIpc) is 2.80. The Morgan fingerprint density at radius 1 is 0.606 bits per heavy atom. The number of esters is 4. The number of unbranched alkanes of at least 4 members (excludes halogenated alkanes) is 2. The van der Waals surface area contributed by atoms with Crippen molar-refractivity contribution in [3.8, 4) is 0 Å². The third-order valence-corrected chi connectivity index (χ3v) is 6.21. The first-order chi connectivity index (χ1) is 15.8. The van der Waals surface area contributed by atoms with Gasteiger partial charge in [-0.05, 0) is 78.1 Å². The molecule has 0 N–H and O–H groups in total. The molecule has 2 aliphatic carbocycles. The maximum Gasteiger partial charge on any atom is 0.347 e.